The Bertz CT molecular complexity index is 1990. The minimum absolute atomic E-state index is 0.00206. The third kappa shape index (κ3) is 9.51. The maximum Gasteiger partial charge on any atom is 0.306 e. The summed E-state index contributed by atoms with van der Waals surface area (Å²) in [5.41, 5.74) is 9.96. The van der Waals surface area contributed by atoms with Crippen LogP contribution in [0.25, 0.3) is 17.0 Å². The van der Waals surface area contributed by atoms with E-state index in [1.807, 2.05) is 49.0 Å². The number of rotatable bonds is 11. The van der Waals surface area contributed by atoms with Crippen LogP contribution in [-0.4, -0.2) is 135 Å². The van der Waals surface area contributed by atoms with Gasteiger partial charge in [-0.05, 0) is 115 Å². The predicted octanol–water partition coefficient (Wildman–Crippen LogP) is 6.31. The number of ketones is 1. The number of cyclic esters (lactones) is 1. The van der Waals surface area contributed by atoms with Crippen LogP contribution in [0.15, 0.2) is 48.2 Å². The molecular weight excluding hydrogens is 819 g/mol. The number of benzene rings is 1. The molecule has 1 saturated carbocycles. The second-order valence-corrected chi connectivity index (χ2v) is 19.3. The Kier molecular flexibility index (Phi) is 14.8. The number of aromatic nitrogens is 3. The van der Waals surface area contributed by atoms with Crippen molar-refractivity contribution in [2.75, 3.05) is 41.2 Å². The molecule has 0 amide bonds. The summed E-state index contributed by atoms with van der Waals surface area (Å²) in [4.78, 5) is 31.4. The lowest BCUT2D eigenvalue weighted by Gasteiger charge is -2.44. The molecule has 6 aliphatic rings. The summed E-state index contributed by atoms with van der Waals surface area (Å²) >= 11 is 0. The van der Waals surface area contributed by atoms with Crippen LogP contribution in [0, 0.1) is 35.5 Å². The third-order valence-electron chi connectivity index (χ3n) is 15.3. The predicted molar refractivity (Wildman–Crippen MR) is 239 cm³/mol. The van der Waals surface area contributed by atoms with Gasteiger partial charge in [-0.25, -0.2) is 4.68 Å². The van der Waals surface area contributed by atoms with Crippen LogP contribution in [-0.2, 0) is 47.5 Å². The zero-order valence-corrected chi connectivity index (χ0v) is 39.2. The number of hydrogen-bond acceptors (Lipinski definition) is 14. The molecule has 2 aromatic rings. The van der Waals surface area contributed by atoms with Gasteiger partial charge in [0.05, 0.1) is 37.0 Å². The molecule has 0 bridgehead atoms. The number of carbonyl (C=O) groups is 2. The van der Waals surface area contributed by atoms with E-state index in [0.29, 0.717) is 55.1 Å². The van der Waals surface area contributed by atoms with Crippen molar-refractivity contribution in [3.8, 4) is 11.3 Å². The quantitative estimate of drug-likeness (QED) is 0.197. The topological polar surface area (TPSA) is 168 Å². The van der Waals surface area contributed by atoms with Crippen molar-refractivity contribution in [1.29, 1.82) is 0 Å². The SMILES string of the molecule is CC[C@H]1CCC[C@H](O[C@H]2CC[C@H](N(C)C)C(C)O2)[C@@H](C)C(=O)C2=C[C@@H]3[C@@H](C=C(n4cc(-c5ccc(N)cc5)nn4)[C@@H]4C[C@@H](O[C@@H]5OC(C)[C@H](OC)C(OC)[C@@H]5OC)C[C@@H]34)[C@@H]2CC(=O)O1. The average molecular weight is 890 g/mol. The molecule has 64 heavy (non-hydrogen) atoms. The standard InChI is InChI=1S/C49H71N5O10/c1-10-31-12-11-13-42(64-44-19-18-40(53(5)6)27(3)60-44)26(2)45(56)38-22-34-33-20-32(63-49-48(59-9)47(58-8)46(57-7)28(4)61-49)21-37(33)41(23-35(34)36(38)24-43(55)62-31)54-25-39(51-52-54)29-14-16-30(50)17-15-29/h14-17,22-23,25-28,31-37,40,42,44,46-49H,10-13,18-21,24,50H2,1-9H3/t26-,27?,28?,31+,32+,33+,34+,35-,36+,37-,40+,42+,44+,46+,47?,48+,49+/m1/s1. The smallest absolute Gasteiger partial charge is 0.306 e. The number of carbonyl (C=O) groups excluding carboxylic acids is 2. The highest BCUT2D eigenvalue weighted by Gasteiger charge is 2.55. The van der Waals surface area contributed by atoms with Gasteiger partial charge in [0.2, 0.25) is 0 Å². The molecule has 0 radical (unpaired) electrons. The lowest BCUT2D eigenvalue weighted by atomic mass is 9.69. The number of esters is 1. The Morgan fingerprint density at radius 3 is 2.28 bits per heavy atom. The second kappa shape index (κ2) is 20.1. The van der Waals surface area contributed by atoms with Crippen LogP contribution in [0.3, 0.4) is 0 Å². The number of anilines is 1. The summed E-state index contributed by atoms with van der Waals surface area (Å²) in [5, 5.41) is 9.32. The van der Waals surface area contributed by atoms with E-state index in [1.165, 1.54) is 0 Å². The van der Waals surface area contributed by atoms with E-state index in [2.05, 4.69) is 50.1 Å². The number of nitrogen functional groups attached to an aromatic ring is 1. The van der Waals surface area contributed by atoms with Crippen molar-refractivity contribution in [1.82, 2.24) is 19.9 Å². The summed E-state index contributed by atoms with van der Waals surface area (Å²) in [6, 6.07) is 7.89. The molecule has 3 aliphatic carbocycles. The maximum absolute atomic E-state index is 15.2. The van der Waals surface area contributed by atoms with Gasteiger partial charge in [0.15, 0.2) is 18.4 Å². The van der Waals surface area contributed by atoms with Crippen molar-refractivity contribution >= 4 is 23.1 Å². The number of ether oxygens (including phenoxy) is 8. The Hall–Kier alpha value is -3.54. The van der Waals surface area contributed by atoms with Crippen molar-refractivity contribution < 1.29 is 47.5 Å². The fourth-order valence-corrected chi connectivity index (χ4v) is 11.9. The van der Waals surface area contributed by atoms with Gasteiger partial charge in [-0.1, -0.05) is 43.3 Å². The van der Waals surface area contributed by atoms with E-state index in [9.17, 15) is 4.79 Å². The number of nitrogens with two attached hydrogens (primary N) is 1. The van der Waals surface area contributed by atoms with Gasteiger partial charge in [-0.3, -0.25) is 9.59 Å². The first-order valence-electron chi connectivity index (χ1n) is 23.6. The highest BCUT2D eigenvalue weighted by atomic mass is 16.7. The molecule has 2 N–H and O–H groups in total. The minimum atomic E-state index is -0.698. The van der Waals surface area contributed by atoms with Gasteiger partial charge in [0.1, 0.15) is 30.1 Å². The Labute approximate surface area is 378 Å². The van der Waals surface area contributed by atoms with Crippen LogP contribution in [0.4, 0.5) is 5.69 Å². The number of likely N-dealkylation sites (N-methyl/N-ethyl adjacent to an activating group) is 1. The largest absolute Gasteiger partial charge is 0.462 e. The summed E-state index contributed by atoms with van der Waals surface area (Å²) in [5.74, 6) is -1.28. The molecule has 0 spiro atoms. The molecule has 4 fully saturated rings. The molecule has 3 saturated heterocycles. The number of Topliss-reactive ketones (excluding diaryl/α,β-unsaturated/α-hetero) is 1. The molecule has 15 heteroatoms. The number of methoxy groups -OCH3 is 3. The van der Waals surface area contributed by atoms with Crippen LogP contribution in [0.1, 0.15) is 85.5 Å². The number of allylic oxidation sites excluding steroid dienone is 4. The summed E-state index contributed by atoms with van der Waals surface area (Å²) < 4.78 is 52.4. The first kappa shape index (κ1) is 47.0. The van der Waals surface area contributed by atoms with E-state index < -0.39 is 36.6 Å². The lowest BCUT2D eigenvalue weighted by Crippen LogP contribution is -2.59. The van der Waals surface area contributed by atoms with E-state index >= 15 is 4.79 Å². The summed E-state index contributed by atoms with van der Waals surface area (Å²) in [7, 11) is 9.11. The van der Waals surface area contributed by atoms with E-state index in [-0.39, 0.29) is 78.5 Å². The van der Waals surface area contributed by atoms with Crippen molar-refractivity contribution in [3.05, 3.63) is 48.2 Å². The number of hydrogen-bond donors (Lipinski definition) is 1. The first-order valence-corrected chi connectivity index (χ1v) is 23.6. The van der Waals surface area contributed by atoms with Crippen LogP contribution >= 0.6 is 0 Å². The van der Waals surface area contributed by atoms with Gasteiger partial charge >= 0.3 is 5.97 Å². The van der Waals surface area contributed by atoms with Gasteiger partial charge in [0.25, 0.3) is 0 Å². The second-order valence-electron chi connectivity index (χ2n) is 19.3. The van der Waals surface area contributed by atoms with Crippen molar-refractivity contribution in [2.24, 2.45) is 35.5 Å². The monoisotopic (exact) mass is 890 g/mol. The van der Waals surface area contributed by atoms with Crippen LogP contribution < -0.4 is 5.73 Å². The van der Waals surface area contributed by atoms with E-state index in [0.717, 1.165) is 30.5 Å². The summed E-state index contributed by atoms with van der Waals surface area (Å²) in [6.45, 7) is 8.12. The molecule has 8 rings (SSSR count). The normalized spacial score (nSPS) is 39.5. The third-order valence-corrected chi connectivity index (χ3v) is 15.3. The average Bonchev–Trinajstić information content (AvgIpc) is 4.02. The van der Waals surface area contributed by atoms with Crippen LogP contribution in [0.2, 0.25) is 0 Å². The van der Waals surface area contributed by atoms with Crippen molar-refractivity contribution in [3.63, 3.8) is 0 Å². The van der Waals surface area contributed by atoms with Crippen molar-refractivity contribution in [2.45, 2.75) is 153 Å². The zero-order valence-electron chi connectivity index (χ0n) is 39.2. The highest BCUT2D eigenvalue weighted by molar-refractivity contribution is 5.99. The lowest BCUT2D eigenvalue weighted by molar-refractivity contribution is -0.314. The molecule has 15 nitrogen and oxygen atoms in total. The maximum atomic E-state index is 15.2. The minimum Gasteiger partial charge on any atom is -0.462 e. The molecule has 1 aromatic carbocycles. The van der Waals surface area contributed by atoms with Crippen LogP contribution in [0.5, 0.6) is 0 Å². The van der Waals surface area contributed by atoms with E-state index in [4.69, 9.17) is 48.8 Å². The van der Waals surface area contributed by atoms with Gasteiger partial charge in [-0.2, -0.15) is 0 Å². The number of nitrogens with zero attached hydrogens (tertiary/aromatic N) is 4. The first-order chi connectivity index (χ1) is 30.8. The number of fused-ring (bicyclic) bond motifs is 5. The fraction of sp³-hybridized carbons (Fsp3) is 0.714. The summed E-state index contributed by atoms with van der Waals surface area (Å²) in [6.07, 6.45) is 8.96. The highest BCUT2D eigenvalue weighted by Crippen LogP contribution is 2.57. The molecule has 352 valence electrons. The van der Waals surface area contributed by atoms with Gasteiger partial charge < -0.3 is 48.5 Å². The molecule has 4 heterocycles. The molecular formula is C49H71N5O10. The fourth-order valence-electron chi connectivity index (χ4n) is 11.9. The van der Waals surface area contributed by atoms with E-state index in [1.54, 1.807) is 21.3 Å². The Balaban J connectivity index is 1.13. The zero-order chi connectivity index (χ0) is 45.4. The molecule has 1 aromatic heterocycles. The molecule has 17 atom stereocenters. The van der Waals surface area contributed by atoms with Gasteiger partial charge in [-0.15, -0.1) is 5.10 Å². The molecule has 3 aliphatic heterocycles. The Morgan fingerprint density at radius 1 is 0.844 bits per heavy atom. The van der Waals surface area contributed by atoms with Gasteiger partial charge in [0, 0.05) is 62.1 Å². The Morgan fingerprint density at radius 2 is 1.59 bits per heavy atom. The molecule has 3 unspecified atom stereocenters.